The van der Waals surface area contributed by atoms with E-state index in [1.807, 2.05) is 17.5 Å². The Labute approximate surface area is 108 Å². The van der Waals surface area contributed by atoms with Crippen LogP contribution in [0.25, 0.3) is 0 Å². The highest BCUT2D eigenvalue weighted by molar-refractivity contribution is 7.07. The van der Waals surface area contributed by atoms with Crippen LogP contribution in [0.15, 0.2) is 23.0 Å². The van der Waals surface area contributed by atoms with Crippen LogP contribution in [0.1, 0.15) is 11.3 Å². The molecule has 1 aliphatic rings. The summed E-state index contributed by atoms with van der Waals surface area (Å²) in [7, 11) is 0. The van der Waals surface area contributed by atoms with Gasteiger partial charge >= 0.3 is 0 Å². The number of benzene rings is 1. The van der Waals surface area contributed by atoms with E-state index >= 15 is 0 Å². The smallest absolute Gasteiger partial charge is 0.231 e. The zero-order chi connectivity index (χ0) is 12.4. The minimum absolute atomic E-state index is 0.245. The number of aromatic nitrogens is 1. The van der Waals surface area contributed by atoms with E-state index in [1.54, 1.807) is 16.8 Å². The fourth-order valence-electron chi connectivity index (χ4n) is 1.72. The van der Waals surface area contributed by atoms with Gasteiger partial charge < -0.3 is 19.9 Å². The number of thiazole rings is 1. The molecule has 0 saturated carbocycles. The molecule has 3 rings (SSSR count). The van der Waals surface area contributed by atoms with E-state index in [4.69, 9.17) is 19.9 Å². The normalized spacial score (nSPS) is 12.7. The predicted octanol–water partition coefficient (Wildman–Crippen LogP) is 1.91. The maximum absolute atomic E-state index is 5.73. The second-order valence-corrected chi connectivity index (χ2v) is 4.50. The molecule has 2 heterocycles. The molecule has 0 aliphatic carbocycles. The molecule has 0 saturated heterocycles. The van der Waals surface area contributed by atoms with Crippen molar-refractivity contribution in [2.75, 3.05) is 6.79 Å². The number of nitrogens with two attached hydrogens (primary N) is 1. The SMILES string of the molecule is NCc1cc2c(cc1OCc1cscn1)OCO2. The molecule has 0 amide bonds. The van der Waals surface area contributed by atoms with Crippen LogP contribution in [-0.4, -0.2) is 11.8 Å². The van der Waals surface area contributed by atoms with Gasteiger partial charge in [0.1, 0.15) is 12.4 Å². The van der Waals surface area contributed by atoms with Crippen molar-refractivity contribution in [3.63, 3.8) is 0 Å². The Balaban J connectivity index is 1.82. The van der Waals surface area contributed by atoms with Gasteiger partial charge in [0.05, 0.1) is 11.2 Å². The van der Waals surface area contributed by atoms with Crippen LogP contribution >= 0.6 is 11.3 Å². The standard InChI is InChI=1S/C12H12N2O3S/c13-3-8-1-11-12(17-7-16-11)2-10(8)15-4-9-5-18-6-14-9/h1-2,5-6H,3-4,7,13H2. The van der Waals surface area contributed by atoms with Gasteiger partial charge in [-0.3, -0.25) is 0 Å². The van der Waals surface area contributed by atoms with Crippen LogP contribution in [-0.2, 0) is 13.2 Å². The van der Waals surface area contributed by atoms with E-state index in [2.05, 4.69) is 4.98 Å². The lowest BCUT2D eigenvalue weighted by atomic mass is 10.2. The van der Waals surface area contributed by atoms with E-state index < -0.39 is 0 Å². The van der Waals surface area contributed by atoms with Crippen molar-refractivity contribution in [1.82, 2.24) is 4.98 Å². The topological polar surface area (TPSA) is 66.6 Å². The zero-order valence-corrected chi connectivity index (χ0v) is 10.4. The molecule has 5 nitrogen and oxygen atoms in total. The number of nitrogens with zero attached hydrogens (tertiary/aromatic N) is 1. The van der Waals surface area contributed by atoms with Crippen molar-refractivity contribution in [3.05, 3.63) is 34.3 Å². The third-order valence-corrected chi connectivity index (χ3v) is 3.27. The number of ether oxygens (including phenoxy) is 3. The summed E-state index contributed by atoms with van der Waals surface area (Å²) in [4.78, 5) is 4.17. The Hall–Kier alpha value is -1.79. The molecule has 1 aromatic heterocycles. The Morgan fingerprint density at radius 1 is 1.33 bits per heavy atom. The van der Waals surface area contributed by atoms with Gasteiger partial charge in [0, 0.05) is 23.6 Å². The first-order chi connectivity index (χ1) is 8.86. The van der Waals surface area contributed by atoms with E-state index in [-0.39, 0.29) is 6.79 Å². The minimum atomic E-state index is 0.245. The summed E-state index contributed by atoms with van der Waals surface area (Å²) in [5.74, 6) is 2.13. The molecule has 1 aromatic carbocycles. The van der Waals surface area contributed by atoms with Gasteiger partial charge in [-0.05, 0) is 6.07 Å². The summed E-state index contributed by atoms with van der Waals surface area (Å²) < 4.78 is 16.3. The monoisotopic (exact) mass is 264 g/mol. The fourth-order valence-corrected chi connectivity index (χ4v) is 2.26. The first-order valence-electron chi connectivity index (χ1n) is 5.49. The van der Waals surface area contributed by atoms with Gasteiger partial charge in [-0.1, -0.05) is 0 Å². The summed E-state index contributed by atoms with van der Waals surface area (Å²) >= 11 is 1.54. The zero-order valence-electron chi connectivity index (χ0n) is 9.59. The van der Waals surface area contributed by atoms with Gasteiger partial charge in [0.2, 0.25) is 6.79 Å². The van der Waals surface area contributed by atoms with Crippen molar-refractivity contribution in [3.8, 4) is 17.2 Å². The third-order valence-electron chi connectivity index (χ3n) is 2.63. The molecular weight excluding hydrogens is 252 g/mol. The highest BCUT2D eigenvalue weighted by atomic mass is 32.1. The van der Waals surface area contributed by atoms with Crippen molar-refractivity contribution in [2.24, 2.45) is 5.73 Å². The van der Waals surface area contributed by atoms with Gasteiger partial charge in [0.25, 0.3) is 0 Å². The predicted molar refractivity (Wildman–Crippen MR) is 66.9 cm³/mol. The number of rotatable bonds is 4. The Kier molecular flexibility index (Phi) is 3.04. The summed E-state index contributed by atoms with van der Waals surface area (Å²) in [5, 5.41) is 1.95. The summed E-state index contributed by atoms with van der Waals surface area (Å²) in [6.45, 7) is 1.06. The molecule has 0 bridgehead atoms. The molecule has 2 N–H and O–H groups in total. The Morgan fingerprint density at radius 2 is 2.17 bits per heavy atom. The molecular formula is C12H12N2O3S. The molecule has 0 spiro atoms. The van der Waals surface area contributed by atoms with Crippen molar-refractivity contribution in [2.45, 2.75) is 13.2 Å². The van der Waals surface area contributed by atoms with Crippen molar-refractivity contribution < 1.29 is 14.2 Å². The largest absolute Gasteiger partial charge is 0.487 e. The Bertz CT molecular complexity index is 543. The van der Waals surface area contributed by atoms with E-state index in [0.29, 0.717) is 18.9 Å². The Morgan fingerprint density at radius 3 is 2.89 bits per heavy atom. The number of hydrogen-bond donors (Lipinski definition) is 1. The van der Waals surface area contributed by atoms with Crippen LogP contribution in [0.3, 0.4) is 0 Å². The van der Waals surface area contributed by atoms with Crippen LogP contribution in [0.2, 0.25) is 0 Å². The van der Waals surface area contributed by atoms with Crippen LogP contribution in [0.4, 0.5) is 0 Å². The molecule has 0 fully saturated rings. The second-order valence-electron chi connectivity index (χ2n) is 3.79. The van der Waals surface area contributed by atoms with E-state index in [9.17, 15) is 0 Å². The number of fused-ring (bicyclic) bond motifs is 1. The molecule has 94 valence electrons. The lowest BCUT2D eigenvalue weighted by Crippen LogP contribution is -2.03. The van der Waals surface area contributed by atoms with Gasteiger partial charge in [-0.15, -0.1) is 11.3 Å². The summed E-state index contributed by atoms with van der Waals surface area (Å²) in [6.07, 6.45) is 0. The quantitative estimate of drug-likeness (QED) is 0.913. The highest BCUT2D eigenvalue weighted by Gasteiger charge is 2.17. The summed E-state index contributed by atoms with van der Waals surface area (Å²) in [5.41, 5.74) is 9.28. The maximum atomic E-state index is 5.73. The molecule has 0 unspecified atom stereocenters. The maximum Gasteiger partial charge on any atom is 0.231 e. The second kappa shape index (κ2) is 4.83. The first kappa shape index (κ1) is 11.3. The molecule has 0 radical (unpaired) electrons. The molecule has 6 heteroatoms. The van der Waals surface area contributed by atoms with Gasteiger partial charge in [0.15, 0.2) is 11.5 Å². The lowest BCUT2D eigenvalue weighted by Gasteiger charge is -2.10. The van der Waals surface area contributed by atoms with E-state index in [0.717, 1.165) is 22.8 Å². The minimum Gasteiger partial charge on any atom is -0.487 e. The van der Waals surface area contributed by atoms with Gasteiger partial charge in [-0.25, -0.2) is 4.98 Å². The van der Waals surface area contributed by atoms with E-state index in [1.165, 1.54) is 0 Å². The molecule has 1 aliphatic heterocycles. The van der Waals surface area contributed by atoms with Crippen molar-refractivity contribution in [1.29, 1.82) is 0 Å². The summed E-state index contributed by atoms with van der Waals surface area (Å²) in [6, 6.07) is 3.68. The first-order valence-corrected chi connectivity index (χ1v) is 6.43. The average molecular weight is 264 g/mol. The molecule has 18 heavy (non-hydrogen) atoms. The van der Waals surface area contributed by atoms with Crippen LogP contribution in [0, 0.1) is 0 Å². The van der Waals surface area contributed by atoms with Crippen LogP contribution in [0.5, 0.6) is 17.2 Å². The average Bonchev–Trinajstić information content (AvgIpc) is 3.05. The molecule has 0 atom stereocenters. The van der Waals surface area contributed by atoms with Crippen LogP contribution < -0.4 is 19.9 Å². The number of hydrogen-bond acceptors (Lipinski definition) is 6. The third kappa shape index (κ3) is 2.12. The fraction of sp³-hybridized carbons (Fsp3) is 0.250. The van der Waals surface area contributed by atoms with Gasteiger partial charge in [-0.2, -0.15) is 0 Å². The molecule has 2 aromatic rings. The van der Waals surface area contributed by atoms with Crippen molar-refractivity contribution >= 4 is 11.3 Å². The highest BCUT2D eigenvalue weighted by Crippen LogP contribution is 2.38. The lowest BCUT2D eigenvalue weighted by molar-refractivity contribution is 0.173.